The summed E-state index contributed by atoms with van der Waals surface area (Å²) in [6, 6.07) is 12.1. The van der Waals surface area contributed by atoms with Crippen LogP contribution >= 0.6 is 23.2 Å². The van der Waals surface area contributed by atoms with Gasteiger partial charge in [0.2, 0.25) is 15.9 Å². The van der Waals surface area contributed by atoms with E-state index in [0.717, 1.165) is 29.1 Å². The number of nitrogens with one attached hydrogen (secondary N) is 1. The Kier molecular flexibility index (Phi) is 6.11. The van der Waals surface area contributed by atoms with Crippen LogP contribution in [0.2, 0.25) is 10.0 Å². The highest BCUT2D eigenvalue weighted by atomic mass is 35.5. The number of nitrogens with zero attached hydrogens (tertiary/aromatic N) is 1. The Balaban J connectivity index is 1.72. The molecule has 1 atom stereocenters. The summed E-state index contributed by atoms with van der Waals surface area (Å²) in [6.07, 6.45) is 2.80. The predicted octanol–water partition coefficient (Wildman–Crippen LogP) is 3.81. The number of benzene rings is 2. The van der Waals surface area contributed by atoms with Crippen molar-refractivity contribution in [1.29, 1.82) is 0 Å². The number of halogens is 2. The minimum atomic E-state index is -3.93. The fraction of sp³-hybridized carbons (Fsp3) is 0.316. The van der Waals surface area contributed by atoms with E-state index in [0.29, 0.717) is 0 Å². The van der Waals surface area contributed by atoms with Gasteiger partial charge in [0, 0.05) is 12.1 Å². The number of carbonyl (C=O) groups excluding carboxylic acids is 1. The molecule has 27 heavy (non-hydrogen) atoms. The van der Waals surface area contributed by atoms with Crippen LogP contribution in [0.1, 0.15) is 30.0 Å². The van der Waals surface area contributed by atoms with Crippen LogP contribution in [-0.4, -0.2) is 32.2 Å². The van der Waals surface area contributed by atoms with Gasteiger partial charge < -0.3 is 5.32 Å². The van der Waals surface area contributed by atoms with Gasteiger partial charge in [-0.3, -0.25) is 4.79 Å². The van der Waals surface area contributed by atoms with Crippen LogP contribution in [0, 0.1) is 0 Å². The largest absolute Gasteiger partial charge is 0.348 e. The number of amides is 1. The Morgan fingerprint density at radius 2 is 1.96 bits per heavy atom. The summed E-state index contributed by atoms with van der Waals surface area (Å²) in [5.41, 5.74) is 2.32. The van der Waals surface area contributed by atoms with E-state index in [1.165, 1.54) is 30.8 Å². The number of hydrogen-bond donors (Lipinski definition) is 1. The summed E-state index contributed by atoms with van der Waals surface area (Å²) < 4.78 is 26.4. The molecule has 0 saturated carbocycles. The van der Waals surface area contributed by atoms with Crippen molar-refractivity contribution in [2.45, 2.75) is 30.2 Å². The molecule has 1 unspecified atom stereocenters. The van der Waals surface area contributed by atoms with Crippen molar-refractivity contribution in [2.24, 2.45) is 0 Å². The fourth-order valence-corrected chi connectivity index (χ4v) is 5.13. The molecule has 8 heteroatoms. The van der Waals surface area contributed by atoms with Crippen molar-refractivity contribution in [3.05, 3.63) is 63.6 Å². The molecular weight excluding hydrogens is 407 g/mol. The van der Waals surface area contributed by atoms with Gasteiger partial charge in [-0.05, 0) is 48.6 Å². The van der Waals surface area contributed by atoms with E-state index >= 15 is 0 Å². The van der Waals surface area contributed by atoms with E-state index < -0.39 is 10.0 Å². The second kappa shape index (κ2) is 8.19. The van der Waals surface area contributed by atoms with Crippen molar-refractivity contribution >= 4 is 39.1 Å². The van der Waals surface area contributed by atoms with Gasteiger partial charge in [-0.1, -0.05) is 47.5 Å². The molecular formula is C19H20Cl2N2O3S. The van der Waals surface area contributed by atoms with Crippen LogP contribution in [0.3, 0.4) is 0 Å². The number of rotatable bonds is 5. The Bertz CT molecular complexity index is 963. The lowest BCUT2D eigenvalue weighted by Crippen LogP contribution is -2.40. The summed E-state index contributed by atoms with van der Waals surface area (Å²) in [5.74, 6) is -0.360. The maximum atomic E-state index is 12.7. The van der Waals surface area contributed by atoms with Crippen LogP contribution in [0.4, 0.5) is 0 Å². The lowest BCUT2D eigenvalue weighted by molar-refractivity contribution is -0.122. The highest BCUT2D eigenvalue weighted by molar-refractivity contribution is 7.89. The number of fused-ring (bicyclic) bond motifs is 1. The molecule has 144 valence electrons. The van der Waals surface area contributed by atoms with E-state index in [1.54, 1.807) is 0 Å². The summed E-state index contributed by atoms with van der Waals surface area (Å²) in [4.78, 5) is 12.4. The zero-order chi connectivity index (χ0) is 19.6. The molecule has 0 bridgehead atoms. The molecule has 0 aromatic heterocycles. The highest BCUT2D eigenvalue weighted by Crippen LogP contribution is 2.30. The first-order valence-corrected chi connectivity index (χ1v) is 10.8. The highest BCUT2D eigenvalue weighted by Gasteiger charge is 2.27. The first-order chi connectivity index (χ1) is 12.8. The Hall–Kier alpha value is -1.60. The van der Waals surface area contributed by atoms with Crippen molar-refractivity contribution < 1.29 is 13.2 Å². The number of hydrogen-bond acceptors (Lipinski definition) is 3. The zero-order valence-corrected chi connectivity index (χ0v) is 17.1. The van der Waals surface area contributed by atoms with Crippen molar-refractivity contribution in [2.75, 3.05) is 13.6 Å². The topological polar surface area (TPSA) is 66.5 Å². The van der Waals surface area contributed by atoms with Crippen molar-refractivity contribution in [3.63, 3.8) is 0 Å². The van der Waals surface area contributed by atoms with Gasteiger partial charge in [-0.25, -0.2) is 8.42 Å². The van der Waals surface area contributed by atoms with Gasteiger partial charge in [0.15, 0.2) is 0 Å². The molecule has 1 amide bonds. The lowest BCUT2D eigenvalue weighted by Gasteiger charge is -2.27. The van der Waals surface area contributed by atoms with E-state index in [1.807, 2.05) is 18.2 Å². The first-order valence-electron chi connectivity index (χ1n) is 8.57. The molecule has 0 heterocycles. The SMILES string of the molecule is CN(CC(=O)NC1CCCc2ccccc21)S(=O)(=O)c1cc(Cl)ccc1Cl. The van der Waals surface area contributed by atoms with Gasteiger partial charge >= 0.3 is 0 Å². The molecule has 1 aliphatic rings. The van der Waals surface area contributed by atoms with E-state index in [2.05, 4.69) is 11.4 Å². The minimum Gasteiger partial charge on any atom is -0.348 e. The number of sulfonamides is 1. The quantitative estimate of drug-likeness (QED) is 0.789. The third-order valence-electron chi connectivity index (χ3n) is 4.65. The van der Waals surface area contributed by atoms with Gasteiger partial charge in [0.1, 0.15) is 4.90 Å². The fourth-order valence-electron chi connectivity index (χ4n) is 3.27. The minimum absolute atomic E-state index is 0.0628. The molecule has 1 aliphatic carbocycles. The summed E-state index contributed by atoms with van der Waals surface area (Å²) in [6.45, 7) is -0.302. The number of aryl methyl sites for hydroxylation is 1. The summed E-state index contributed by atoms with van der Waals surface area (Å²) in [5, 5.41) is 3.27. The Morgan fingerprint density at radius 1 is 1.22 bits per heavy atom. The van der Waals surface area contributed by atoms with Gasteiger partial charge in [0.05, 0.1) is 17.6 Å². The standard InChI is InChI=1S/C19H20Cl2N2O3S/c1-23(27(25,26)18-11-14(20)9-10-16(18)21)12-19(24)22-17-8-4-6-13-5-2-3-7-15(13)17/h2-3,5,7,9-11,17H,4,6,8,12H2,1H3,(H,22,24). The molecule has 0 radical (unpaired) electrons. The third-order valence-corrected chi connectivity index (χ3v) is 7.17. The van der Waals surface area contributed by atoms with Gasteiger partial charge in [-0.2, -0.15) is 4.31 Å². The lowest BCUT2D eigenvalue weighted by atomic mass is 9.88. The van der Waals surface area contributed by atoms with E-state index in [4.69, 9.17) is 23.2 Å². The molecule has 3 rings (SSSR count). The molecule has 1 N–H and O–H groups in total. The average Bonchev–Trinajstić information content (AvgIpc) is 2.63. The van der Waals surface area contributed by atoms with Crippen LogP contribution in [0.15, 0.2) is 47.4 Å². The maximum absolute atomic E-state index is 12.7. The zero-order valence-electron chi connectivity index (χ0n) is 14.8. The van der Waals surface area contributed by atoms with Crippen molar-refractivity contribution in [1.82, 2.24) is 9.62 Å². The second-order valence-electron chi connectivity index (χ2n) is 6.55. The molecule has 0 saturated heterocycles. The monoisotopic (exact) mass is 426 g/mol. The van der Waals surface area contributed by atoms with Crippen LogP contribution in [-0.2, 0) is 21.2 Å². The molecule has 0 fully saturated rings. The second-order valence-corrected chi connectivity index (χ2v) is 9.40. The predicted molar refractivity (Wildman–Crippen MR) is 107 cm³/mol. The van der Waals surface area contributed by atoms with E-state index in [-0.39, 0.29) is 33.4 Å². The van der Waals surface area contributed by atoms with Crippen LogP contribution in [0.5, 0.6) is 0 Å². The summed E-state index contributed by atoms with van der Waals surface area (Å²) >= 11 is 11.9. The molecule has 0 aliphatic heterocycles. The van der Waals surface area contributed by atoms with Gasteiger partial charge in [0.25, 0.3) is 0 Å². The molecule has 2 aromatic carbocycles. The smallest absolute Gasteiger partial charge is 0.244 e. The van der Waals surface area contributed by atoms with E-state index in [9.17, 15) is 13.2 Å². The third kappa shape index (κ3) is 4.46. The molecule has 0 spiro atoms. The van der Waals surface area contributed by atoms with Crippen LogP contribution < -0.4 is 5.32 Å². The van der Waals surface area contributed by atoms with Crippen LogP contribution in [0.25, 0.3) is 0 Å². The average molecular weight is 427 g/mol. The maximum Gasteiger partial charge on any atom is 0.244 e. The first kappa shape index (κ1) is 20.1. The van der Waals surface area contributed by atoms with Crippen molar-refractivity contribution in [3.8, 4) is 0 Å². The Labute approximate surface area is 169 Å². The molecule has 2 aromatic rings. The summed E-state index contributed by atoms with van der Waals surface area (Å²) in [7, 11) is -2.58. The van der Waals surface area contributed by atoms with Gasteiger partial charge in [-0.15, -0.1) is 0 Å². The Morgan fingerprint density at radius 3 is 2.74 bits per heavy atom. The normalized spacial score (nSPS) is 16.8. The number of likely N-dealkylation sites (N-methyl/N-ethyl adjacent to an activating group) is 1. The molecule has 5 nitrogen and oxygen atoms in total. The number of carbonyl (C=O) groups is 1.